The minimum Gasteiger partial charge on any atom is -0.462 e. The highest BCUT2D eigenvalue weighted by molar-refractivity contribution is 5.71. The van der Waals surface area contributed by atoms with Gasteiger partial charge in [0.2, 0.25) is 0 Å². The highest BCUT2D eigenvalue weighted by Gasteiger charge is 2.19. The van der Waals surface area contributed by atoms with E-state index in [0.29, 0.717) is 19.3 Å². The van der Waals surface area contributed by atoms with Crippen LogP contribution in [0.5, 0.6) is 0 Å². The van der Waals surface area contributed by atoms with Crippen molar-refractivity contribution in [3.63, 3.8) is 0 Å². The average molecular weight is 753 g/mol. The first-order valence-electron chi connectivity index (χ1n) is 21.9. The second-order valence-corrected chi connectivity index (χ2v) is 14.2. The summed E-state index contributed by atoms with van der Waals surface area (Å²) in [5, 5.41) is 0. The van der Waals surface area contributed by atoms with E-state index in [1.54, 1.807) is 0 Å². The number of hydrogen-bond donors (Lipinski definition) is 0. The van der Waals surface area contributed by atoms with Gasteiger partial charge < -0.3 is 14.2 Å². The van der Waals surface area contributed by atoms with Crippen molar-refractivity contribution < 1.29 is 28.6 Å². The Kier molecular flexibility index (Phi) is 40.1. The fourth-order valence-corrected chi connectivity index (χ4v) is 5.62. The molecule has 54 heavy (non-hydrogen) atoms. The molecule has 0 aromatic rings. The smallest absolute Gasteiger partial charge is 0.306 e. The van der Waals surface area contributed by atoms with Crippen LogP contribution in [0.15, 0.2) is 72.9 Å². The van der Waals surface area contributed by atoms with Crippen molar-refractivity contribution in [2.75, 3.05) is 13.2 Å². The van der Waals surface area contributed by atoms with Crippen molar-refractivity contribution in [1.29, 1.82) is 0 Å². The Balaban J connectivity index is 4.34. The minimum atomic E-state index is -0.787. The van der Waals surface area contributed by atoms with Crippen LogP contribution in [-0.4, -0.2) is 37.2 Å². The van der Waals surface area contributed by atoms with Crippen molar-refractivity contribution in [2.24, 2.45) is 0 Å². The van der Waals surface area contributed by atoms with Crippen molar-refractivity contribution in [3.05, 3.63) is 72.9 Å². The monoisotopic (exact) mass is 753 g/mol. The number of allylic oxidation sites excluding steroid dienone is 12. The lowest BCUT2D eigenvalue weighted by molar-refractivity contribution is -0.167. The summed E-state index contributed by atoms with van der Waals surface area (Å²) in [7, 11) is 0. The zero-order chi connectivity index (χ0) is 39.4. The summed E-state index contributed by atoms with van der Waals surface area (Å²) in [6.45, 7) is 6.36. The molecular formula is C48H80O6. The van der Waals surface area contributed by atoms with Crippen molar-refractivity contribution in [3.8, 4) is 0 Å². The predicted octanol–water partition coefficient (Wildman–Crippen LogP) is 13.9. The number of unbranched alkanes of at least 4 members (excludes halogenated alkanes) is 15. The van der Waals surface area contributed by atoms with E-state index in [-0.39, 0.29) is 31.1 Å². The Morgan fingerprint density at radius 3 is 1.22 bits per heavy atom. The lowest BCUT2D eigenvalue weighted by Gasteiger charge is -2.18. The Hall–Kier alpha value is -3.15. The van der Waals surface area contributed by atoms with Gasteiger partial charge in [-0.1, -0.05) is 164 Å². The highest BCUT2D eigenvalue weighted by atomic mass is 16.6. The standard InChI is InChI=1S/C48H80O6/c1-4-7-10-13-16-18-20-21-22-23-24-25-26-27-29-30-32-35-38-41-47(50)53-44-45(43-52-46(49)40-37-34-15-12-9-6-3)54-48(51)42-39-36-33-31-28-19-17-14-11-8-5-2/h7,10,14,16-18,21-22,24-25,27,29,45H,4-6,8-9,11-13,15,19-20,23,26,28,30-44H2,1-3H3/b10-7-,17-14-,18-16-,22-21-,25-24-,29-27-. The van der Waals surface area contributed by atoms with Crippen LogP contribution in [-0.2, 0) is 28.6 Å². The molecule has 6 heteroatoms. The fraction of sp³-hybridized carbons (Fsp3) is 0.688. The van der Waals surface area contributed by atoms with Gasteiger partial charge in [-0.3, -0.25) is 14.4 Å². The van der Waals surface area contributed by atoms with Gasteiger partial charge in [0.1, 0.15) is 13.2 Å². The lowest BCUT2D eigenvalue weighted by Crippen LogP contribution is -2.30. The van der Waals surface area contributed by atoms with Gasteiger partial charge in [-0.25, -0.2) is 0 Å². The van der Waals surface area contributed by atoms with Crippen LogP contribution < -0.4 is 0 Å². The SMILES string of the molecule is CC/C=C\C/C=C\C/C=C\C/C=C\C/C=C\CCCCCC(=O)OCC(COC(=O)CCCCCCCC)OC(=O)CCCCCCC/C=C\CCCC. The molecule has 0 saturated heterocycles. The van der Waals surface area contributed by atoms with Crippen LogP contribution in [0, 0.1) is 0 Å². The summed E-state index contributed by atoms with van der Waals surface area (Å²) in [6, 6.07) is 0. The van der Waals surface area contributed by atoms with Crippen molar-refractivity contribution in [1.82, 2.24) is 0 Å². The van der Waals surface area contributed by atoms with E-state index in [0.717, 1.165) is 109 Å². The van der Waals surface area contributed by atoms with E-state index in [1.165, 1.54) is 44.9 Å². The molecule has 0 aromatic heterocycles. The number of ether oxygens (including phenoxy) is 3. The maximum absolute atomic E-state index is 12.6. The first kappa shape index (κ1) is 50.9. The normalized spacial score (nSPS) is 12.7. The molecule has 0 aliphatic carbocycles. The third-order valence-corrected chi connectivity index (χ3v) is 8.95. The molecule has 0 fully saturated rings. The topological polar surface area (TPSA) is 78.9 Å². The molecule has 0 rings (SSSR count). The van der Waals surface area contributed by atoms with Gasteiger partial charge in [0, 0.05) is 19.3 Å². The quantitative estimate of drug-likeness (QED) is 0.0270. The van der Waals surface area contributed by atoms with E-state index in [1.807, 2.05) is 0 Å². The molecule has 0 spiro atoms. The number of esters is 3. The Morgan fingerprint density at radius 2 is 0.741 bits per heavy atom. The number of carbonyl (C=O) groups is 3. The van der Waals surface area contributed by atoms with Crippen LogP contribution >= 0.6 is 0 Å². The average Bonchev–Trinajstić information content (AvgIpc) is 3.17. The Morgan fingerprint density at radius 1 is 0.389 bits per heavy atom. The zero-order valence-electron chi connectivity index (χ0n) is 35.0. The van der Waals surface area contributed by atoms with Gasteiger partial charge in [0.25, 0.3) is 0 Å². The van der Waals surface area contributed by atoms with E-state index in [4.69, 9.17) is 14.2 Å². The third-order valence-electron chi connectivity index (χ3n) is 8.95. The lowest BCUT2D eigenvalue weighted by atomic mass is 10.1. The molecule has 308 valence electrons. The summed E-state index contributed by atoms with van der Waals surface area (Å²) in [6.07, 6.45) is 51.9. The first-order valence-corrected chi connectivity index (χ1v) is 21.9. The zero-order valence-corrected chi connectivity index (χ0v) is 35.0. The minimum absolute atomic E-state index is 0.0906. The summed E-state index contributed by atoms with van der Waals surface area (Å²) in [5.41, 5.74) is 0. The van der Waals surface area contributed by atoms with E-state index in [2.05, 4.69) is 93.7 Å². The molecule has 0 aromatic carbocycles. The molecule has 0 aliphatic heterocycles. The molecule has 0 heterocycles. The molecule has 1 unspecified atom stereocenters. The highest BCUT2D eigenvalue weighted by Crippen LogP contribution is 2.12. The predicted molar refractivity (Wildman–Crippen MR) is 228 cm³/mol. The van der Waals surface area contributed by atoms with Crippen LogP contribution in [0.25, 0.3) is 0 Å². The van der Waals surface area contributed by atoms with Crippen molar-refractivity contribution >= 4 is 17.9 Å². The summed E-state index contributed by atoms with van der Waals surface area (Å²) < 4.78 is 16.6. The molecule has 0 saturated carbocycles. The number of rotatable bonds is 38. The van der Waals surface area contributed by atoms with E-state index >= 15 is 0 Å². The Bertz CT molecular complexity index is 1050. The second kappa shape index (κ2) is 42.6. The first-order chi connectivity index (χ1) is 26.5. The summed E-state index contributed by atoms with van der Waals surface area (Å²) in [4.78, 5) is 37.5. The molecule has 0 amide bonds. The number of hydrogen-bond acceptors (Lipinski definition) is 6. The number of carbonyl (C=O) groups excluding carboxylic acids is 3. The van der Waals surface area contributed by atoms with Gasteiger partial charge in [-0.2, -0.15) is 0 Å². The molecular weight excluding hydrogens is 673 g/mol. The van der Waals surface area contributed by atoms with Gasteiger partial charge in [-0.05, 0) is 83.5 Å². The fourth-order valence-electron chi connectivity index (χ4n) is 5.62. The van der Waals surface area contributed by atoms with Gasteiger partial charge in [0.15, 0.2) is 6.10 Å². The molecule has 6 nitrogen and oxygen atoms in total. The van der Waals surface area contributed by atoms with E-state index < -0.39 is 6.10 Å². The molecule has 0 N–H and O–H groups in total. The summed E-state index contributed by atoms with van der Waals surface area (Å²) in [5.74, 6) is -0.952. The van der Waals surface area contributed by atoms with Gasteiger partial charge in [0.05, 0.1) is 0 Å². The summed E-state index contributed by atoms with van der Waals surface area (Å²) >= 11 is 0. The van der Waals surface area contributed by atoms with Gasteiger partial charge >= 0.3 is 17.9 Å². The second-order valence-electron chi connectivity index (χ2n) is 14.2. The van der Waals surface area contributed by atoms with Crippen LogP contribution in [0.1, 0.15) is 194 Å². The maximum Gasteiger partial charge on any atom is 0.306 e. The largest absolute Gasteiger partial charge is 0.462 e. The molecule has 0 aliphatic rings. The van der Waals surface area contributed by atoms with Crippen LogP contribution in [0.2, 0.25) is 0 Å². The van der Waals surface area contributed by atoms with Gasteiger partial charge in [-0.15, -0.1) is 0 Å². The van der Waals surface area contributed by atoms with Crippen molar-refractivity contribution in [2.45, 2.75) is 200 Å². The maximum atomic E-state index is 12.6. The third kappa shape index (κ3) is 40.0. The molecule has 0 radical (unpaired) electrons. The van der Waals surface area contributed by atoms with Crippen LogP contribution in [0.3, 0.4) is 0 Å². The molecule has 0 bridgehead atoms. The van der Waals surface area contributed by atoms with Crippen LogP contribution in [0.4, 0.5) is 0 Å². The van der Waals surface area contributed by atoms with E-state index in [9.17, 15) is 14.4 Å². The Labute approximate surface area is 332 Å². The molecule has 1 atom stereocenters.